The van der Waals surface area contributed by atoms with E-state index in [1.165, 1.54) is 29.5 Å². The number of aromatic amines is 1. The Kier molecular flexibility index (Phi) is 1.99. The molecule has 0 radical (unpaired) electrons. The van der Waals surface area contributed by atoms with Gasteiger partial charge in [0.1, 0.15) is 0 Å². The van der Waals surface area contributed by atoms with Gasteiger partial charge in [-0.05, 0) is 49.4 Å². The van der Waals surface area contributed by atoms with Gasteiger partial charge in [-0.2, -0.15) is 0 Å². The Balaban J connectivity index is 2.25. The van der Waals surface area contributed by atoms with Crippen molar-refractivity contribution < 1.29 is 4.79 Å². The van der Waals surface area contributed by atoms with E-state index in [0.717, 1.165) is 18.4 Å². The lowest BCUT2D eigenvalue weighted by Crippen LogP contribution is -2.10. The third kappa shape index (κ3) is 1.32. The summed E-state index contributed by atoms with van der Waals surface area (Å²) in [5.41, 5.74) is 9.73. The standard InChI is InChI=1S/C13H14N2O/c14-13(16)8-5-6-12-10(7-8)9-3-1-2-4-11(9)15-12/h5-7,15H,1-4H2,(H2,14,16). The number of primary amides is 1. The highest BCUT2D eigenvalue weighted by molar-refractivity contribution is 5.98. The van der Waals surface area contributed by atoms with Gasteiger partial charge in [0.25, 0.3) is 0 Å². The fourth-order valence-electron chi connectivity index (χ4n) is 2.56. The van der Waals surface area contributed by atoms with E-state index in [2.05, 4.69) is 4.98 Å². The van der Waals surface area contributed by atoms with Crippen LogP contribution in [0.25, 0.3) is 10.9 Å². The van der Waals surface area contributed by atoms with Crippen molar-refractivity contribution in [1.82, 2.24) is 4.98 Å². The molecule has 1 aliphatic rings. The Bertz CT molecular complexity index is 569. The predicted molar refractivity (Wildman–Crippen MR) is 63.5 cm³/mol. The van der Waals surface area contributed by atoms with Crippen molar-refractivity contribution in [2.24, 2.45) is 5.73 Å². The molecule has 1 aromatic carbocycles. The lowest BCUT2D eigenvalue weighted by atomic mass is 9.95. The van der Waals surface area contributed by atoms with Crippen LogP contribution < -0.4 is 5.73 Å². The minimum Gasteiger partial charge on any atom is -0.366 e. The molecule has 1 amide bonds. The maximum absolute atomic E-state index is 11.1. The summed E-state index contributed by atoms with van der Waals surface area (Å²) >= 11 is 0. The molecule has 2 aromatic rings. The topological polar surface area (TPSA) is 58.9 Å². The second kappa shape index (κ2) is 3.37. The van der Waals surface area contributed by atoms with E-state index in [9.17, 15) is 4.79 Å². The zero-order chi connectivity index (χ0) is 11.1. The first-order valence-corrected chi connectivity index (χ1v) is 5.69. The van der Waals surface area contributed by atoms with Crippen LogP contribution in [0.15, 0.2) is 18.2 Å². The minimum atomic E-state index is -0.354. The zero-order valence-corrected chi connectivity index (χ0v) is 9.05. The van der Waals surface area contributed by atoms with Crippen molar-refractivity contribution in [1.29, 1.82) is 0 Å². The van der Waals surface area contributed by atoms with Crippen molar-refractivity contribution in [3.05, 3.63) is 35.0 Å². The Labute approximate surface area is 93.6 Å². The van der Waals surface area contributed by atoms with Crippen molar-refractivity contribution in [3.63, 3.8) is 0 Å². The molecule has 82 valence electrons. The number of amides is 1. The highest BCUT2D eigenvalue weighted by Crippen LogP contribution is 2.29. The molecule has 0 aliphatic heterocycles. The third-order valence-corrected chi connectivity index (χ3v) is 3.38. The molecule has 1 heterocycles. The molecule has 0 saturated heterocycles. The van der Waals surface area contributed by atoms with Gasteiger partial charge >= 0.3 is 0 Å². The molecule has 0 saturated carbocycles. The van der Waals surface area contributed by atoms with Crippen LogP contribution in [-0.4, -0.2) is 10.9 Å². The molecule has 3 heteroatoms. The second-order valence-electron chi connectivity index (χ2n) is 4.41. The maximum atomic E-state index is 11.1. The van der Waals surface area contributed by atoms with Crippen LogP contribution in [0.3, 0.4) is 0 Å². The van der Waals surface area contributed by atoms with E-state index >= 15 is 0 Å². The Hall–Kier alpha value is -1.77. The molecule has 3 N–H and O–H groups in total. The molecule has 1 aliphatic carbocycles. The maximum Gasteiger partial charge on any atom is 0.248 e. The highest BCUT2D eigenvalue weighted by Gasteiger charge is 2.15. The van der Waals surface area contributed by atoms with Gasteiger partial charge in [-0.15, -0.1) is 0 Å². The van der Waals surface area contributed by atoms with Gasteiger partial charge in [0.05, 0.1) is 0 Å². The van der Waals surface area contributed by atoms with Crippen LogP contribution in [-0.2, 0) is 12.8 Å². The van der Waals surface area contributed by atoms with Gasteiger partial charge in [0, 0.05) is 22.2 Å². The number of benzene rings is 1. The molecule has 0 bridgehead atoms. The third-order valence-electron chi connectivity index (χ3n) is 3.38. The average Bonchev–Trinajstić information content (AvgIpc) is 2.66. The van der Waals surface area contributed by atoms with Crippen LogP contribution >= 0.6 is 0 Å². The molecule has 3 nitrogen and oxygen atoms in total. The molecular formula is C13H14N2O. The number of aryl methyl sites for hydroxylation is 2. The number of hydrogen-bond donors (Lipinski definition) is 2. The zero-order valence-electron chi connectivity index (χ0n) is 9.05. The SMILES string of the molecule is NC(=O)c1ccc2[nH]c3c(c2c1)CCCC3. The van der Waals surface area contributed by atoms with Crippen LogP contribution in [0, 0.1) is 0 Å². The summed E-state index contributed by atoms with van der Waals surface area (Å²) in [7, 11) is 0. The van der Waals surface area contributed by atoms with E-state index in [-0.39, 0.29) is 5.91 Å². The van der Waals surface area contributed by atoms with Gasteiger partial charge in [-0.1, -0.05) is 0 Å². The smallest absolute Gasteiger partial charge is 0.248 e. The van der Waals surface area contributed by atoms with Crippen LogP contribution in [0.1, 0.15) is 34.5 Å². The van der Waals surface area contributed by atoms with Gasteiger partial charge in [-0.3, -0.25) is 4.79 Å². The summed E-state index contributed by atoms with van der Waals surface area (Å²) in [4.78, 5) is 14.6. The summed E-state index contributed by atoms with van der Waals surface area (Å²) in [5, 5.41) is 1.17. The second-order valence-corrected chi connectivity index (χ2v) is 4.41. The first-order chi connectivity index (χ1) is 7.75. The highest BCUT2D eigenvalue weighted by atomic mass is 16.1. The normalized spacial score (nSPS) is 15.0. The first-order valence-electron chi connectivity index (χ1n) is 5.69. The predicted octanol–water partition coefficient (Wildman–Crippen LogP) is 2.15. The molecular weight excluding hydrogens is 200 g/mol. The Morgan fingerprint density at radius 2 is 2.06 bits per heavy atom. The Morgan fingerprint density at radius 3 is 2.88 bits per heavy atom. The lowest BCUT2D eigenvalue weighted by molar-refractivity contribution is 0.100. The van der Waals surface area contributed by atoms with Gasteiger partial charge in [-0.25, -0.2) is 0 Å². The monoisotopic (exact) mass is 214 g/mol. The van der Waals surface area contributed by atoms with E-state index in [0.29, 0.717) is 5.56 Å². The number of carbonyl (C=O) groups excluding carboxylic acids is 1. The molecule has 0 fully saturated rings. The van der Waals surface area contributed by atoms with Crippen LogP contribution in [0.5, 0.6) is 0 Å². The number of carbonyl (C=O) groups is 1. The van der Waals surface area contributed by atoms with E-state index in [1.807, 2.05) is 12.1 Å². The number of rotatable bonds is 1. The fourth-order valence-corrected chi connectivity index (χ4v) is 2.56. The number of nitrogens with two attached hydrogens (primary N) is 1. The van der Waals surface area contributed by atoms with Crippen molar-refractivity contribution >= 4 is 16.8 Å². The van der Waals surface area contributed by atoms with Crippen LogP contribution in [0.4, 0.5) is 0 Å². The van der Waals surface area contributed by atoms with E-state index in [4.69, 9.17) is 5.73 Å². The average molecular weight is 214 g/mol. The number of nitrogens with one attached hydrogen (secondary N) is 1. The molecule has 1 aromatic heterocycles. The molecule has 0 unspecified atom stereocenters. The van der Waals surface area contributed by atoms with E-state index in [1.54, 1.807) is 6.07 Å². The van der Waals surface area contributed by atoms with Crippen molar-refractivity contribution in [2.75, 3.05) is 0 Å². The molecule has 16 heavy (non-hydrogen) atoms. The molecule has 3 rings (SSSR count). The van der Waals surface area contributed by atoms with Gasteiger partial charge in [0.2, 0.25) is 5.91 Å². The summed E-state index contributed by atoms with van der Waals surface area (Å²) in [6, 6.07) is 5.65. The number of hydrogen-bond acceptors (Lipinski definition) is 1. The number of H-pyrrole nitrogens is 1. The van der Waals surface area contributed by atoms with Crippen LogP contribution in [0.2, 0.25) is 0 Å². The fraction of sp³-hybridized carbons (Fsp3) is 0.308. The van der Waals surface area contributed by atoms with Gasteiger partial charge < -0.3 is 10.7 Å². The lowest BCUT2D eigenvalue weighted by Gasteiger charge is -2.10. The quantitative estimate of drug-likeness (QED) is 0.750. The number of aromatic nitrogens is 1. The summed E-state index contributed by atoms with van der Waals surface area (Å²) in [5.74, 6) is -0.354. The molecule has 0 atom stereocenters. The summed E-state index contributed by atoms with van der Waals surface area (Å²) in [6.07, 6.45) is 4.72. The largest absolute Gasteiger partial charge is 0.366 e. The summed E-state index contributed by atoms with van der Waals surface area (Å²) < 4.78 is 0. The minimum absolute atomic E-state index is 0.354. The summed E-state index contributed by atoms with van der Waals surface area (Å²) in [6.45, 7) is 0. The van der Waals surface area contributed by atoms with E-state index < -0.39 is 0 Å². The van der Waals surface area contributed by atoms with Gasteiger partial charge in [0.15, 0.2) is 0 Å². The number of fused-ring (bicyclic) bond motifs is 3. The van der Waals surface area contributed by atoms with Crippen molar-refractivity contribution in [3.8, 4) is 0 Å². The first kappa shape index (κ1) is 9.46. The van der Waals surface area contributed by atoms with Crippen molar-refractivity contribution in [2.45, 2.75) is 25.7 Å². The Morgan fingerprint density at radius 1 is 1.25 bits per heavy atom. The molecule has 0 spiro atoms.